The lowest BCUT2D eigenvalue weighted by molar-refractivity contribution is -0.103. The molecule has 1 aromatic rings. The molecular weight excluding hydrogens is 256 g/mol. The van der Waals surface area contributed by atoms with Crippen molar-refractivity contribution in [3.63, 3.8) is 0 Å². The molecule has 4 N–H and O–H groups in total. The van der Waals surface area contributed by atoms with Crippen molar-refractivity contribution in [2.75, 3.05) is 0 Å². The van der Waals surface area contributed by atoms with Gasteiger partial charge in [0, 0.05) is 12.3 Å². The van der Waals surface area contributed by atoms with Gasteiger partial charge in [-0.2, -0.15) is 0 Å². The van der Waals surface area contributed by atoms with Crippen molar-refractivity contribution in [3.05, 3.63) is 33.1 Å². The molecule has 1 saturated heterocycles. The Labute approximate surface area is 107 Å². The Kier molecular flexibility index (Phi) is 3.35. The molecule has 8 nitrogen and oxygen atoms in total. The highest BCUT2D eigenvalue weighted by molar-refractivity contribution is 5.02. The van der Waals surface area contributed by atoms with Gasteiger partial charge < -0.3 is 20.1 Å². The molecule has 2 heterocycles. The van der Waals surface area contributed by atoms with Crippen LogP contribution in [0.1, 0.15) is 20.1 Å². The highest BCUT2D eigenvalue weighted by atomic mass is 16.6. The first kappa shape index (κ1) is 13.9. The first-order chi connectivity index (χ1) is 8.75. The first-order valence-corrected chi connectivity index (χ1v) is 5.80. The van der Waals surface area contributed by atoms with E-state index < -0.39 is 41.4 Å². The fourth-order valence-corrected chi connectivity index (χ4v) is 2.18. The van der Waals surface area contributed by atoms with Crippen LogP contribution in [0.25, 0.3) is 0 Å². The van der Waals surface area contributed by atoms with Gasteiger partial charge in [-0.1, -0.05) is 0 Å². The second kappa shape index (κ2) is 4.57. The van der Waals surface area contributed by atoms with Gasteiger partial charge in [-0.3, -0.25) is 14.3 Å². The van der Waals surface area contributed by atoms with Crippen LogP contribution in [0.4, 0.5) is 0 Å². The Hall–Kier alpha value is -1.48. The van der Waals surface area contributed by atoms with Crippen molar-refractivity contribution in [2.45, 2.75) is 44.0 Å². The average molecular weight is 272 g/mol. The maximum atomic E-state index is 11.7. The van der Waals surface area contributed by atoms with Gasteiger partial charge in [-0.15, -0.1) is 0 Å². The summed E-state index contributed by atoms with van der Waals surface area (Å²) in [6, 6.07) is 1.10. The molecule has 1 aromatic heterocycles. The van der Waals surface area contributed by atoms with Crippen LogP contribution < -0.4 is 11.2 Å². The van der Waals surface area contributed by atoms with Crippen molar-refractivity contribution in [3.8, 4) is 0 Å². The number of aromatic nitrogens is 2. The Morgan fingerprint density at radius 2 is 2.16 bits per heavy atom. The number of rotatable bonds is 2. The molecule has 0 amide bonds. The zero-order chi connectivity index (χ0) is 14.4. The summed E-state index contributed by atoms with van der Waals surface area (Å²) >= 11 is 0. The number of aromatic amines is 1. The van der Waals surface area contributed by atoms with E-state index in [9.17, 15) is 24.9 Å². The highest BCUT2D eigenvalue weighted by Gasteiger charge is 2.54. The number of aliphatic hydroxyl groups is 3. The van der Waals surface area contributed by atoms with E-state index in [1.165, 1.54) is 13.8 Å². The van der Waals surface area contributed by atoms with Crippen LogP contribution in [0.2, 0.25) is 0 Å². The van der Waals surface area contributed by atoms with Crippen LogP contribution in [0.3, 0.4) is 0 Å². The van der Waals surface area contributed by atoms with Crippen molar-refractivity contribution in [1.82, 2.24) is 9.55 Å². The van der Waals surface area contributed by atoms with Gasteiger partial charge in [0.05, 0.1) is 6.10 Å². The number of nitrogens with zero attached hydrogens (tertiary/aromatic N) is 1. The Morgan fingerprint density at radius 1 is 1.53 bits per heavy atom. The number of aliphatic hydroxyl groups excluding tert-OH is 2. The topological polar surface area (TPSA) is 125 Å². The van der Waals surface area contributed by atoms with Crippen LogP contribution in [0, 0.1) is 0 Å². The van der Waals surface area contributed by atoms with Crippen molar-refractivity contribution in [2.24, 2.45) is 0 Å². The molecule has 0 aliphatic carbocycles. The quantitative estimate of drug-likeness (QED) is 0.490. The average Bonchev–Trinajstić information content (AvgIpc) is 2.52. The number of nitrogens with one attached hydrogen (secondary N) is 1. The van der Waals surface area contributed by atoms with Crippen molar-refractivity contribution >= 4 is 0 Å². The molecule has 5 unspecified atom stereocenters. The van der Waals surface area contributed by atoms with E-state index in [0.717, 1.165) is 16.8 Å². The van der Waals surface area contributed by atoms with Gasteiger partial charge in [-0.25, -0.2) is 4.79 Å². The van der Waals surface area contributed by atoms with Crippen LogP contribution in [0.15, 0.2) is 21.9 Å². The van der Waals surface area contributed by atoms with Gasteiger partial charge in [0.25, 0.3) is 5.56 Å². The summed E-state index contributed by atoms with van der Waals surface area (Å²) in [4.78, 5) is 24.7. The van der Waals surface area contributed by atoms with E-state index in [2.05, 4.69) is 0 Å². The minimum absolute atomic E-state index is 0.577. The summed E-state index contributed by atoms with van der Waals surface area (Å²) in [5.41, 5.74) is -3.12. The summed E-state index contributed by atoms with van der Waals surface area (Å²) in [5, 5.41) is 29.7. The third kappa shape index (κ3) is 2.23. The number of ether oxygens (including phenoxy) is 1. The number of H-pyrrole nitrogens is 1. The molecule has 0 spiro atoms. The molecule has 2 rings (SSSR count). The number of hydrogen-bond acceptors (Lipinski definition) is 6. The van der Waals surface area contributed by atoms with E-state index in [1.807, 2.05) is 4.98 Å². The molecule has 0 aromatic carbocycles. The van der Waals surface area contributed by atoms with E-state index in [-0.39, 0.29) is 0 Å². The van der Waals surface area contributed by atoms with Crippen molar-refractivity contribution in [1.29, 1.82) is 0 Å². The van der Waals surface area contributed by atoms with E-state index in [1.54, 1.807) is 0 Å². The van der Waals surface area contributed by atoms with Gasteiger partial charge in [-0.05, 0) is 13.8 Å². The predicted octanol–water partition coefficient (Wildman–Crippen LogP) is -2.07. The molecule has 19 heavy (non-hydrogen) atoms. The first-order valence-electron chi connectivity index (χ1n) is 5.80. The van der Waals surface area contributed by atoms with Gasteiger partial charge in [0.1, 0.15) is 17.8 Å². The third-order valence-corrected chi connectivity index (χ3v) is 3.28. The Balaban J connectivity index is 2.45. The molecular formula is C11H16N2O6. The third-order valence-electron chi connectivity index (χ3n) is 3.28. The maximum absolute atomic E-state index is 11.7. The minimum atomic E-state index is -1.77. The lowest BCUT2D eigenvalue weighted by Gasteiger charge is -2.27. The SMILES string of the molecule is CC(O)C1OC(n2ccc(=O)[nH]c2=O)C(C)(O)C1O. The van der Waals surface area contributed by atoms with E-state index >= 15 is 0 Å². The summed E-state index contributed by atoms with van der Waals surface area (Å²) in [7, 11) is 0. The maximum Gasteiger partial charge on any atom is 0.330 e. The highest BCUT2D eigenvalue weighted by Crippen LogP contribution is 2.38. The largest absolute Gasteiger partial charge is 0.391 e. The Morgan fingerprint density at radius 3 is 2.63 bits per heavy atom. The van der Waals surface area contributed by atoms with E-state index in [0.29, 0.717) is 0 Å². The number of hydrogen-bond donors (Lipinski definition) is 4. The normalized spacial score (nSPS) is 36.4. The zero-order valence-electron chi connectivity index (χ0n) is 10.5. The van der Waals surface area contributed by atoms with E-state index in [4.69, 9.17) is 4.74 Å². The summed E-state index contributed by atoms with van der Waals surface area (Å²) in [5.74, 6) is 0. The second-order valence-electron chi connectivity index (χ2n) is 4.88. The van der Waals surface area contributed by atoms with Crippen LogP contribution in [-0.2, 0) is 4.74 Å². The lowest BCUT2D eigenvalue weighted by atomic mass is 9.94. The monoisotopic (exact) mass is 272 g/mol. The van der Waals surface area contributed by atoms with Crippen LogP contribution >= 0.6 is 0 Å². The summed E-state index contributed by atoms with van der Waals surface area (Å²) in [6.07, 6.45) is -3.45. The fraction of sp³-hybridized carbons (Fsp3) is 0.636. The van der Waals surface area contributed by atoms with Crippen LogP contribution in [0.5, 0.6) is 0 Å². The molecule has 0 saturated carbocycles. The molecule has 1 fully saturated rings. The smallest absolute Gasteiger partial charge is 0.330 e. The van der Waals surface area contributed by atoms with Gasteiger partial charge in [0.2, 0.25) is 0 Å². The van der Waals surface area contributed by atoms with Gasteiger partial charge >= 0.3 is 5.69 Å². The van der Waals surface area contributed by atoms with Gasteiger partial charge in [0.15, 0.2) is 6.23 Å². The molecule has 8 heteroatoms. The molecule has 1 aliphatic heterocycles. The lowest BCUT2D eigenvalue weighted by Crippen LogP contribution is -2.47. The second-order valence-corrected chi connectivity index (χ2v) is 4.88. The molecule has 1 aliphatic rings. The molecule has 0 radical (unpaired) electrons. The molecule has 5 atom stereocenters. The molecule has 106 valence electrons. The predicted molar refractivity (Wildman–Crippen MR) is 63.5 cm³/mol. The minimum Gasteiger partial charge on any atom is -0.391 e. The molecule has 0 bridgehead atoms. The summed E-state index contributed by atoms with van der Waals surface area (Å²) < 4.78 is 6.31. The fourth-order valence-electron chi connectivity index (χ4n) is 2.18. The van der Waals surface area contributed by atoms with Crippen LogP contribution in [-0.4, -0.2) is 48.8 Å². The summed E-state index contributed by atoms with van der Waals surface area (Å²) in [6.45, 7) is 2.70. The van der Waals surface area contributed by atoms with Crippen molar-refractivity contribution < 1.29 is 20.1 Å². The zero-order valence-corrected chi connectivity index (χ0v) is 10.5. The standard InChI is InChI=1S/C11H16N2O6/c1-5(14)7-8(16)11(2,18)9(19-7)13-4-3-6(15)12-10(13)17/h3-5,7-9,14,16,18H,1-2H3,(H,12,15,17). The Bertz CT molecular complexity index is 575.